The van der Waals surface area contributed by atoms with Gasteiger partial charge in [0.05, 0.1) is 0 Å². The molecule has 0 aromatic rings. The molecule has 15 heavy (non-hydrogen) atoms. The second kappa shape index (κ2) is 5.06. The van der Waals surface area contributed by atoms with E-state index in [9.17, 15) is 14.4 Å². The number of nitrogens with zero attached hydrogens (tertiary/aromatic N) is 1. The standard InChI is InChI=1S/C9H10N2O4/c12-7(10-15)3-1-2-6-11-8(13)4-5-9(11)14/h1-2,4-5,15H,3,6H2,(H,10,12). The summed E-state index contributed by atoms with van der Waals surface area (Å²) in [6.07, 6.45) is 5.36. The maximum Gasteiger partial charge on any atom is 0.253 e. The molecule has 1 heterocycles. The zero-order chi connectivity index (χ0) is 11.3. The van der Waals surface area contributed by atoms with Crippen LogP contribution in [0.4, 0.5) is 0 Å². The van der Waals surface area contributed by atoms with Crippen LogP contribution in [0.25, 0.3) is 0 Å². The summed E-state index contributed by atoms with van der Waals surface area (Å²) >= 11 is 0. The number of carbonyl (C=O) groups excluding carboxylic acids is 3. The van der Waals surface area contributed by atoms with Crippen molar-refractivity contribution in [3.05, 3.63) is 24.3 Å². The summed E-state index contributed by atoms with van der Waals surface area (Å²) in [6.45, 7) is 0.128. The molecule has 2 N–H and O–H groups in total. The third-order valence-corrected chi connectivity index (χ3v) is 1.78. The quantitative estimate of drug-likeness (QED) is 0.280. The monoisotopic (exact) mass is 210 g/mol. The fourth-order valence-corrected chi connectivity index (χ4v) is 1.03. The SMILES string of the molecule is O=C(CC=CCN1C(=O)C=CC1=O)NO. The van der Waals surface area contributed by atoms with Gasteiger partial charge in [0.1, 0.15) is 0 Å². The molecule has 0 aliphatic carbocycles. The zero-order valence-electron chi connectivity index (χ0n) is 7.84. The van der Waals surface area contributed by atoms with Crippen molar-refractivity contribution < 1.29 is 19.6 Å². The van der Waals surface area contributed by atoms with Gasteiger partial charge in [0.15, 0.2) is 0 Å². The van der Waals surface area contributed by atoms with E-state index in [-0.39, 0.29) is 24.8 Å². The second-order valence-corrected chi connectivity index (χ2v) is 2.83. The highest BCUT2D eigenvalue weighted by atomic mass is 16.5. The number of hydroxylamine groups is 1. The summed E-state index contributed by atoms with van der Waals surface area (Å²) < 4.78 is 0. The average molecular weight is 210 g/mol. The summed E-state index contributed by atoms with van der Waals surface area (Å²) in [6, 6.07) is 0. The van der Waals surface area contributed by atoms with Crippen molar-refractivity contribution in [1.82, 2.24) is 10.4 Å². The van der Waals surface area contributed by atoms with Gasteiger partial charge >= 0.3 is 0 Å². The number of hydrogen-bond acceptors (Lipinski definition) is 4. The minimum Gasteiger partial charge on any atom is -0.289 e. The van der Waals surface area contributed by atoms with E-state index < -0.39 is 5.91 Å². The third kappa shape index (κ3) is 3.03. The van der Waals surface area contributed by atoms with Crippen molar-refractivity contribution in [2.75, 3.05) is 6.54 Å². The molecule has 1 rings (SSSR count). The number of rotatable bonds is 4. The Morgan fingerprint density at radius 2 is 1.93 bits per heavy atom. The molecule has 0 spiro atoms. The van der Waals surface area contributed by atoms with Gasteiger partial charge in [-0.3, -0.25) is 24.5 Å². The molecule has 80 valence electrons. The van der Waals surface area contributed by atoms with Crippen LogP contribution in [-0.4, -0.2) is 34.4 Å². The van der Waals surface area contributed by atoms with Crippen LogP contribution < -0.4 is 5.48 Å². The molecular weight excluding hydrogens is 200 g/mol. The molecule has 0 fully saturated rings. The van der Waals surface area contributed by atoms with Gasteiger partial charge < -0.3 is 0 Å². The first kappa shape index (κ1) is 11.1. The smallest absolute Gasteiger partial charge is 0.253 e. The Hall–Kier alpha value is -1.95. The second-order valence-electron chi connectivity index (χ2n) is 2.83. The molecule has 3 amide bonds. The Morgan fingerprint density at radius 3 is 2.47 bits per heavy atom. The molecule has 0 aromatic heterocycles. The van der Waals surface area contributed by atoms with E-state index in [0.29, 0.717) is 0 Å². The van der Waals surface area contributed by atoms with E-state index in [0.717, 1.165) is 4.90 Å². The number of amides is 3. The van der Waals surface area contributed by atoms with Gasteiger partial charge in [-0.25, -0.2) is 5.48 Å². The van der Waals surface area contributed by atoms with E-state index in [1.165, 1.54) is 29.8 Å². The lowest BCUT2D eigenvalue weighted by Crippen LogP contribution is -2.29. The molecule has 0 saturated heterocycles. The van der Waals surface area contributed by atoms with Gasteiger partial charge in [-0.15, -0.1) is 0 Å². The van der Waals surface area contributed by atoms with Crippen molar-refractivity contribution in [1.29, 1.82) is 0 Å². The number of carbonyl (C=O) groups is 3. The summed E-state index contributed by atoms with van der Waals surface area (Å²) in [5.41, 5.74) is 1.46. The van der Waals surface area contributed by atoms with Crippen molar-refractivity contribution in [3.63, 3.8) is 0 Å². The molecule has 0 bridgehead atoms. The zero-order valence-corrected chi connectivity index (χ0v) is 7.84. The number of hydrogen-bond donors (Lipinski definition) is 2. The lowest BCUT2D eigenvalue weighted by Gasteiger charge is -2.09. The Labute approximate surface area is 85.8 Å². The fraction of sp³-hybridized carbons (Fsp3) is 0.222. The lowest BCUT2D eigenvalue weighted by atomic mass is 10.3. The molecule has 0 radical (unpaired) electrons. The van der Waals surface area contributed by atoms with Crippen LogP contribution in [0.5, 0.6) is 0 Å². The Morgan fingerprint density at radius 1 is 1.33 bits per heavy atom. The summed E-state index contributed by atoms with van der Waals surface area (Å²) in [4.78, 5) is 33.7. The van der Waals surface area contributed by atoms with Crippen LogP contribution in [0.1, 0.15) is 6.42 Å². The Balaban J connectivity index is 2.34. The van der Waals surface area contributed by atoms with Gasteiger partial charge in [-0.05, 0) is 0 Å². The molecule has 0 unspecified atom stereocenters. The molecule has 0 saturated carbocycles. The maximum absolute atomic E-state index is 11.0. The van der Waals surface area contributed by atoms with Crippen molar-refractivity contribution >= 4 is 17.7 Å². The van der Waals surface area contributed by atoms with Crippen LogP contribution >= 0.6 is 0 Å². The molecule has 1 aliphatic rings. The Kier molecular flexibility index (Phi) is 3.75. The van der Waals surface area contributed by atoms with Gasteiger partial charge in [0.2, 0.25) is 5.91 Å². The largest absolute Gasteiger partial charge is 0.289 e. The van der Waals surface area contributed by atoms with Crippen LogP contribution in [0.15, 0.2) is 24.3 Å². The normalized spacial score (nSPS) is 15.4. The van der Waals surface area contributed by atoms with Crippen molar-refractivity contribution in [3.8, 4) is 0 Å². The lowest BCUT2D eigenvalue weighted by molar-refractivity contribution is -0.136. The van der Waals surface area contributed by atoms with E-state index in [1.807, 2.05) is 0 Å². The predicted octanol–water partition coefficient (Wildman–Crippen LogP) is -0.637. The molecule has 6 nitrogen and oxygen atoms in total. The minimum absolute atomic E-state index is 0.000148. The van der Waals surface area contributed by atoms with Gasteiger partial charge in [-0.2, -0.15) is 0 Å². The topological polar surface area (TPSA) is 86.7 Å². The van der Waals surface area contributed by atoms with Crippen molar-refractivity contribution in [2.45, 2.75) is 6.42 Å². The van der Waals surface area contributed by atoms with Crippen LogP contribution in [0.2, 0.25) is 0 Å². The first-order valence-electron chi connectivity index (χ1n) is 4.26. The summed E-state index contributed by atoms with van der Waals surface area (Å²) in [5, 5.41) is 8.17. The highest BCUT2D eigenvalue weighted by Crippen LogP contribution is 2.02. The van der Waals surface area contributed by atoms with Gasteiger partial charge in [0.25, 0.3) is 11.8 Å². The minimum atomic E-state index is -0.552. The highest BCUT2D eigenvalue weighted by Gasteiger charge is 2.21. The Bertz CT molecular complexity index is 328. The van der Waals surface area contributed by atoms with Gasteiger partial charge in [-0.1, -0.05) is 12.2 Å². The molecular formula is C9H10N2O4. The molecule has 6 heteroatoms. The van der Waals surface area contributed by atoms with Crippen LogP contribution in [0.3, 0.4) is 0 Å². The molecule has 1 aliphatic heterocycles. The van der Waals surface area contributed by atoms with E-state index >= 15 is 0 Å². The third-order valence-electron chi connectivity index (χ3n) is 1.78. The van der Waals surface area contributed by atoms with Gasteiger partial charge in [0, 0.05) is 25.1 Å². The first-order valence-corrected chi connectivity index (χ1v) is 4.26. The van der Waals surface area contributed by atoms with E-state index in [2.05, 4.69) is 0 Å². The highest BCUT2D eigenvalue weighted by molar-refractivity contribution is 6.12. The van der Waals surface area contributed by atoms with Crippen LogP contribution in [0, 0.1) is 0 Å². The molecule has 0 atom stereocenters. The maximum atomic E-state index is 11.0. The van der Waals surface area contributed by atoms with Crippen molar-refractivity contribution in [2.24, 2.45) is 0 Å². The van der Waals surface area contributed by atoms with E-state index in [1.54, 1.807) is 0 Å². The number of nitrogens with one attached hydrogen (secondary N) is 1. The summed E-state index contributed by atoms with van der Waals surface area (Å²) in [7, 11) is 0. The average Bonchev–Trinajstić information content (AvgIpc) is 2.54. The fourth-order valence-electron chi connectivity index (χ4n) is 1.03. The first-order chi connectivity index (χ1) is 7.15. The van der Waals surface area contributed by atoms with E-state index in [4.69, 9.17) is 5.21 Å². The predicted molar refractivity (Wildman–Crippen MR) is 49.5 cm³/mol. The van der Waals surface area contributed by atoms with Crippen LogP contribution in [-0.2, 0) is 14.4 Å². The summed E-state index contributed by atoms with van der Waals surface area (Å²) in [5.74, 6) is -1.28. The molecule has 0 aromatic carbocycles. The number of imide groups is 1.